The van der Waals surface area contributed by atoms with Crippen molar-refractivity contribution < 1.29 is 14.3 Å². The fraction of sp³-hybridized carbons (Fsp3) is 0.800. The van der Waals surface area contributed by atoms with Gasteiger partial charge in [-0.3, -0.25) is 4.79 Å². The lowest BCUT2D eigenvalue weighted by molar-refractivity contribution is -0.132. The van der Waals surface area contributed by atoms with E-state index in [1.54, 1.807) is 32.5 Å². The summed E-state index contributed by atoms with van der Waals surface area (Å²) < 4.78 is 4.96. The van der Waals surface area contributed by atoms with Crippen molar-refractivity contribution in [2.75, 3.05) is 12.0 Å². The van der Waals surface area contributed by atoms with Crippen LogP contribution in [-0.4, -0.2) is 40.7 Å². The van der Waals surface area contributed by atoms with E-state index in [0.717, 1.165) is 5.75 Å². The van der Waals surface area contributed by atoms with Crippen molar-refractivity contribution in [3.8, 4) is 0 Å². The minimum atomic E-state index is -0.887. The molecule has 4 N–H and O–H groups in total. The molecule has 0 aromatic rings. The molecular weight excluding hydrogens is 242 g/mol. The Morgan fingerprint density at radius 2 is 1.94 bits per heavy atom. The zero-order chi connectivity index (χ0) is 13.6. The van der Waals surface area contributed by atoms with Crippen LogP contribution in [0.4, 0.5) is 4.79 Å². The first-order chi connectivity index (χ1) is 7.69. The molecule has 7 heteroatoms. The molecule has 6 nitrogen and oxygen atoms in total. The van der Waals surface area contributed by atoms with Crippen molar-refractivity contribution in [1.82, 2.24) is 5.01 Å². The van der Waals surface area contributed by atoms with E-state index in [-0.39, 0.29) is 0 Å². The number of nitrogens with zero attached hydrogens (tertiary/aromatic N) is 1. The van der Waals surface area contributed by atoms with E-state index < -0.39 is 23.6 Å². The molecule has 1 unspecified atom stereocenters. The minimum absolute atomic E-state index is 0.441. The van der Waals surface area contributed by atoms with Crippen LogP contribution in [0.5, 0.6) is 0 Å². The number of ether oxygens (including phenoxy) is 1. The molecule has 0 saturated heterocycles. The molecule has 0 aliphatic rings. The summed E-state index contributed by atoms with van der Waals surface area (Å²) in [6.07, 6.45) is 1.49. The number of thioether (sulfide) groups is 1. The molecule has 2 amide bonds. The van der Waals surface area contributed by atoms with Crippen molar-refractivity contribution in [1.29, 1.82) is 0 Å². The van der Waals surface area contributed by atoms with E-state index in [9.17, 15) is 9.59 Å². The molecule has 0 rings (SSSR count). The Labute approximate surface area is 106 Å². The highest BCUT2D eigenvalue weighted by molar-refractivity contribution is 7.98. The van der Waals surface area contributed by atoms with Crippen LogP contribution >= 0.6 is 11.8 Å². The second-order valence-electron chi connectivity index (χ2n) is 4.58. The standard InChI is InChI=1S/C10H21N3O3S/c1-10(2,3)16-9(15)13(12)8(14)7(11)5-6-17-4/h7H,5-6,11-12H2,1-4H3. The van der Waals surface area contributed by atoms with Gasteiger partial charge in [0.2, 0.25) is 0 Å². The van der Waals surface area contributed by atoms with Gasteiger partial charge in [-0.05, 0) is 39.2 Å². The SMILES string of the molecule is CSCCC(N)C(=O)N(N)C(=O)OC(C)(C)C. The molecule has 1 atom stereocenters. The summed E-state index contributed by atoms with van der Waals surface area (Å²) in [4.78, 5) is 23.1. The Kier molecular flexibility index (Phi) is 6.51. The number of hydrogen-bond donors (Lipinski definition) is 2. The van der Waals surface area contributed by atoms with Crippen LogP contribution in [0.1, 0.15) is 27.2 Å². The average molecular weight is 263 g/mol. The predicted octanol–water partition coefficient (Wildman–Crippen LogP) is 0.704. The van der Waals surface area contributed by atoms with Crippen molar-refractivity contribution in [2.45, 2.75) is 38.8 Å². The third-order valence-corrected chi connectivity index (χ3v) is 2.42. The van der Waals surface area contributed by atoms with Gasteiger partial charge in [-0.25, -0.2) is 10.6 Å². The molecule has 0 radical (unpaired) electrons. The third-order valence-electron chi connectivity index (χ3n) is 1.78. The Balaban J connectivity index is 4.34. The van der Waals surface area contributed by atoms with Gasteiger partial charge in [0.15, 0.2) is 0 Å². The third kappa shape index (κ3) is 6.50. The summed E-state index contributed by atoms with van der Waals surface area (Å²) in [5.74, 6) is 5.46. The first kappa shape index (κ1) is 16.2. The number of imide groups is 1. The molecule has 0 heterocycles. The van der Waals surface area contributed by atoms with E-state index in [1.807, 2.05) is 6.26 Å². The molecule has 0 spiro atoms. The fourth-order valence-electron chi connectivity index (χ4n) is 0.948. The Bertz CT molecular complexity index is 278. The van der Waals surface area contributed by atoms with Crippen molar-refractivity contribution in [3.63, 3.8) is 0 Å². The molecule has 0 fully saturated rings. The van der Waals surface area contributed by atoms with Gasteiger partial charge in [-0.2, -0.15) is 16.8 Å². The van der Waals surface area contributed by atoms with E-state index >= 15 is 0 Å². The minimum Gasteiger partial charge on any atom is -0.442 e. The Morgan fingerprint density at radius 1 is 1.41 bits per heavy atom. The fourth-order valence-corrected chi connectivity index (χ4v) is 1.44. The normalized spacial score (nSPS) is 13.1. The summed E-state index contributed by atoms with van der Waals surface area (Å²) in [7, 11) is 0. The molecule has 17 heavy (non-hydrogen) atoms. The van der Waals surface area contributed by atoms with Crippen LogP contribution in [0.15, 0.2) is 0 Å². The Morgan fingerprint density at radius 3 is 2.35 bits per heavy atom. The summed E-state index contributed by atoms with van der Waals surface area (Å²) in [6, 6.07) is -0.778. The van der Waals surface area contributed by atoms with Gasteiger partial charge in [-0.15, -0.1) is 0 Å². The smallest absolute Gasteiger partial charge is 0.431 e. The number of amides is 2. The number of rotatable bonds is 4. The van der Waals surface area contributed by atoms with Gasteiger partial charge >= 0.3 is 6.09 Å². The maximum atomic E-state index is 11.6. The highest BCUT2D eigenvalue weighted by atomic mass is 32.2. The molecule has 0 bridgehead atoms. The second-order valence-corrected chi connectivity index (χ2v) is 5.56. The second kappa shape index (κ2) is 6.83. The van der Waals surface area contributed by atoms with Crippen LogP contribution in [0.2, 0.25) is 0 Å². The number of hydrazine groups is 1. The van der Waals surface area contributed by atoms with Crippen molar-refractivity contribution in [3.05, 3.63) is 0 Å². The number of carbonyl (C=O) groups is 2. The highest BCUT2D eigenvalue weighted by Gasteiger charge is 2.27. The molecule has 100 valence electrons. The quantitative estimate of drug-likeness (QED) is 0.440. The number of carbonyl (C=O) groups excluding carboxylic acids is 2. The van der Waals surface area contributed by atoms with E-state index in [0.29, 0.717) is 11.4 Å². The van der Waals surface area contributed by atoms with Gasteiger partial charge < -0.3 is 10.5 Å². The number of hydrogen-bond acceptors (Lipinski definition) is 6. The Hall–Kier alpha value is -0.790. The van der Waals surface area contributed by atoms with Gasteiger partial charge in [-0.1, -0.05) is 0 Å². The van der Waals surface area contributed by atoms with Crippen LogP contribution in [0.25, 0.3) is 0 Å². The zero-order valence-electron chi connectivity index (χ0n) is 10.7. The molecular formula is C10H21N3O3S. The summed E-state index contributed by atoms with van der Waals surface area (Å²) in [5, 5.41) is 0.441. The predicted molar refractivity (Wildman–Crippen MR) is 68.2 cm³/mol. The van der Waals surface area contributed by atoms with Crippen molar-refractivity contribution in [2.24, 2.45) is 11.6 Å². The van der Waals surface area contributed by atoms with Crippen LogP contribution in [-0.2, 0) is 9.53 Å². The molecule has 0 aliphatic heterocycles. The first-order valence-electron chi connectivity index (χ1n) is 5.25. The largest absolute Gasteiger partial charge is 0.442 e. The van der Waals surface area contributed by atoms with E-state index in [1.165, 1.54) is 0 Å². The summed E-state index contributed by atoms with van der Waals surface area (Å²) >= 11 is 1.57. The lowest BCUT2D eigenvalue weighted by Crippen LogP contribution is -2.52. The topological polar surface area (TPSA) is 98.7 Å². The molecule has 0 aromatic carbocycles. The lowest BCUT2D eigenvalue weighted by atomic mass is 10.2. The highest BCUT2D eigenvalue weighted by Crippen LogP contribution is 2.09. The lowest BCUT2D eigenvalue weighted by Gasteiger charge is -2.24. The summed E-state index contributed by atoms with van der Waals surface area (Å²) in [6.45, 7) is 5.07. The van der Waals surface area contributed by atoms with Crippen LogP contribution in [0, 0.1) is 0 Å². The first-order valence-corrected chi connectivity index (χ1v) is 6.64. The molecule has 0 aliphatic carbocycles. The van der Waals surface area contributed by atoms with Gasteiger partial charge in [0.1, 0.15) is 5.60 Å². The van der Waals surface area contributed by atoms with Crippen LogP contribution in [0.3, 0.4) is 0 Å². The van der Waals surface area contributed by atoms with E-state index in [4.69, 9.17) is 16.3 Å². The maximum absolute atomic E-state index is 11.6. The maximum Gasteiger partial charge on any atom is 0.431 e. The van der Waals surface area contributed by atoms with Gasteiger partial charge in [0, 0.05) is 0 Å². The monoisotopic (exact) mass is 263 g/mol. The number of nitrogens with two attached hydrogens (primary N) is 2. The van der Waals surface area contributed by atoms with Crippen molar-refractivity contribution >= 4 is 23.8 Å². The summed E-state index contributed by atoms with van der Waals surface area (Å²) in [5.41, 5.74) is 4.92. The van der Waals surface area contributed by atoms with E-state index in [2.05, 4.69) is 0 Å². The van der Waals surface area contributed by atoms with Gasteiger partial charge in [0.25, 0.3) is 5.91 Å². The van der Waals surface area contributed by atoms with Gasteiger partial charge in [0.05, 0.1) is 6.04 Å². The molecule has 0 saturated carbocycles. The zero-order valence-corrected chi connectivity index (χ0v) is 11.5. The average Bonchev–Trinajstić information content (AvgIpc) is 2.21. The molecule has 0 aromatic heterocycles. The van der Waals surface area contributed by atoms with Crippen LogP contribution < -0.4 is 11.6 Å².